The molecule has 0 fully saturated rings. The van der Waals surface area contributed by atoms with E-state index in [0.717, 1.165) is 22.6 Å². The molecule has 0 unspecified atom stereocenters. The molecule has 2 nitrogen and oxygen atoms in total. The van der Waals surface area contributed by atoms with Gasteiger partial charge in [0.1, 0.15) is 5.82 Å². The molecule has 0 bridgehead atoms. The van der Waals surface area contributed by atoms with Crippen LogP contribution in [0.3, 0.4) is 0 Å². The molecule has 0 radical (unpaired) electrons. The Morgan fingerprint density at radius 2 is 2.00 bits per heavy atom. The molecule has 0 aromatic carbocycles. The molecular weight excluding hydrogens is 252 g/mol. The van der Waals surface area contributed by atoms with Crippen LogP contribution in [-0.2, 0) is 0 Å². The summed E-state index contributed by atoms with van der Waals surface area (Å²) < 4.78 is 0. The standard InChI is InChI=1S/C9H12N2.C7H12S/c1-3-4-8-5-6-9(10)11-7(8)2;1-3-5-7(8)6-4-2/h3-6H,1-2H3,(H2,10,11);3,5-6,8H,4H2,1-2H3/b4-3+;5-3-,7-6+. The number of nitrogens with zero attached hydrogens (tertiary/aromatic N) is 1. The minimum absolute atomic E-state index is 0.579. The van der Waals surface area contributed by atoms with Gasteiger partial charge in [0, 0.05) is 5.69 Å². The van der Waals surface area contributed by atoms with Crippen molar-refractivity contribution in [3.63, 3.8) is 0 Å². The molecule has 0 spiro atoms. The molecule has 0 amide bonds. The smallest absolute Gasteiger partial charge is 0.123 e. The SMILES string of the molecule is C/C=C/c1ccc(N)nc1C.C/C=C\C(S)=C/CC. The number of hydrogen-bond donors (Lipinski definition) is 2. The number of rotatable bonds is 3. The number of aryl methyl sites for hydroxylation is 1. The van der Waals surface area contributed by atoms with Crippen LogP contribution < -0.4 is 5.73 Å². The van der Waals surface area contributed by atoms with Gasteiger partial charge >= 0.3 is 0 Å². The number of pyridine rings is 1. The van der Waals surface area contributed by atoms with Crippen molar-refractivity contribution >= 4 is 24.5 Å². The number of aromatic nitrogens is 1. The largest absolute Gasteiger partial charge is 0.384 e. The number of anilines is 1. The lowest BCUT2D eigenvalue weighted by atomic mass is 10.2. The number of nitrogens with two attached hydrogens (primary N) is 1. The summed E-state index contributed by atoms with van der Waals surface area (Å²) in [4.78, 5) is 5.17. The van der Waals surface area contributed by atoms with Crippen LogP contribution in [0.4, 0.5) is 5.82 Å². The Kier molecular flexibility index (Phi) is 9.63. The summed E-state index contributed by atoms with van der Waals surface area (Å²) >= 11 is 4.16. The zero-order valence-electron chi connectivity index (χ0n) is 12.2. The molecule has 1 heterocycles. The first-order chi connectivity index (χ1) is 9.04. The average Bonchev–Trinajstić information content (AvgIpc) is 2.34. The zero-order chi connectivity index (χ0) is 14.7. The van der Waals surface area contributed by atoms with Gasteiger partial charge in [-0.05, 0) is 49.8 Å². The van der Waals surface area contributed by atoms with E-state index in [2.05, 4.69) is 30.6 Å². The molecule has 1 aromatic rings. The molecule has 104 valence electrons. The van der Waals surface area contributed by atoms with Gasteiger partial charge in [-0.3, -0.25) is 0 Å². The molecule has 0 saturated carbocycles. The topological polar surface area (TPSA) is 38.9 Å². The summed E-state index contributed by atoms with van der Waals surface area (Å²) in [6.45, 7) is 8.01. The van der Waals surface area contributed by atoms with Crippen molar-refractivity contribution in [1.82, 2.24) is 4.98 Å². The fourth-order valence-electron chi connectivity index (χ4n) is 1.39. The fraction of sp³-hybridized carbons (Fsp3) is 0.312. The Labute approximate surface area is 122 Å². The molecule has 0 saturated heterocycles. The van der Waals surface area contributed by atoms with E-state index in [4.69, 9.17) is 5.73 Å². The first-order valence-corrected chi connectivity index (χ1v) is 6.87. The van der Waals surface area contributed by atoms with Gasteiger partial charge in [0.15, 0.2) is 0 Å². The van der Waals surface area contributed by atoms with E-state index in [9.17, 15) is 0 Å². The first kappa shape index (κ1) is 17.5. The first-order valence-electron chi connectivity index (χ1n) is 6.42. The molecule has 0 aliphatic carbocycles. The maximum absolute atomic E-state index is 5.49. The van der Waals surface area contributed by atoms with Crippen molar-refractivity contribution in [1.29, 1.82) is 0 Å². The van der Waals surface area contributed by atoms with Crippen LogP contribution >= 0.6 is 12.6 Å². The van der Waals surface area contributed by atoms with E-state index in [-0.39, 0.29) is 0 Å². The predicted octanol–water partition coefficient (Wildman–Crippen LogP) is 4.79. The van der Waals surface area contributed by atoms with Crippen molar-refractivity contribution in [2.24, 2.45) is 0 Å². The highest BCUT2D eigenvalue weighted by atomic mass is 32.1. The van der Waals surface area contributed by atoms with Gasteiger partial charge in [0.05, 0.1) is 0 Å². The lowest BCUT2D eigenvalue weighted by Gasteiger charge is -1.99. The minimum Gasteiger partial charge on any atom is -0.384 e. The van der Waals surface area contributed by atoms with E-state index >= 15 is 0 Å². The molecule has 19 heavy (non-hydrogen) atoms. The lowest BCUT2D eigenvalue weighted by molar-refractivity contribution is 1.20. The summed E-state index contributed by atoms with van der Waals surface area (Å²) in [5.74, 6) is 0.579. The molecule has 1 rings (SSSR count). The maximum Gasteiger partial charge on any atom is 0.123 e. The van der Waals surface area contributed by atoms with Crippen LogP contribution in [-0.4, -0.2) is 4.98 Å². The Morgan fingerprint density at radius 3 is 2.47 bits per heavy atom. The number of thiol groups is 1. The second kappa shape index (κ2) is 10.4. The molecule has 1 aromatic heterocycles. The Hall–Kier alpha value is -1.48. The summed E-state index contributed by atoms with van der Waals surface area (Å²) in [5.41, 5.74) is 7.59. The Morgan fingerprint density at radius 1 is 1.32 bits per heavy atom. The van der Waals surface area contributed by atoms with Crippen molar-refractivity contribution < 1.29 is 0 Å². The summed E-state index contributed by atoms with van der Waals surface area (Å²) in [6, 6.07) is 3.78. The van der Waals surface area contributed by atoms with Crippen molar-refractivity contribution in [2.45, 2.75) is 34.1 Å². The third kappa shape index (κ3) is 8.27. The molecule has 0 aliphatic rings. The van der Waals surface area contributed by atoms with Crippen LogP contribution in [0.2, 0.25) is 0 Å². The normalized spacial score (nSPS) is 11.7. The molecule has 3 heteroatoms. The predicted molar refractivity (Wildman–Crippen MR) is 90.3 cm³/mol. The fourth-order valence-corrected chi connectivity index (χ4v) is 1.73. The Balaban J connectivity index is 0.000000362. The number of nitrogen functional groups attached to an aromatic ring is 1. The van der Waals surface area contributed by atoms with E-state index < -0.39 is 0 Å². The third-order valence-electron chi connectivity index (χ3n) is 2.25. The second-order valence-corrected chi connectivity index (χ2v) is 4.46. The van der Waals surface area contributed by atoms with Crippen LogP contribution in [0.5, 0.6) is 0 Å². The van der Waals surface area contributed by atoms with Crippen LogP contribution in [0, 0.1) is 6.92 Å². The van der Waals surface area contributed by atoms with E-state index in [1.165, 1.54) is 0 Å². The molecule has 0 aliphatic heterocycles. The summed E-state index contributed by atoms with van der Waals surface area (Å²) in [5, 5.41) is 0. The van der Waals surface area contributed by atoms with Gasteiger partial charge in [0.2, 0.25) is 0 Å². The summed E-state index contributed by atoms with van der Waals surface area (Å²) in [7, 11) is 0. The highest BCUT2D eigenvalue weighted by molar-refractivity contribution is 7.84. The minimum atomic E-state index is 0.579. The van der Waals surface area contributed by atoms with E-state index in [0.29, 0.717) is 5.82 Å². The van der Waals surface area contributed by atoms with Gasteiger partial charge in [-0.2, -0.15) is 0 Å². The van der Waals surface area contributed by atoms with E-state index in [1.807, 2.05) is 57.2 Å². The highest BCUT2D eigenvalue weighted by Gasteiger charge is 1.94. The highest BCUT2D eigenvalue weighted by Crippen LogP contribution is 2.09. The van der Waals surface area contributed by atoms with Crippen molar-refractivity contribution in [3.8, 4) is 0 Å². The van der Waals surface area contributed by atoms with Crippen molar-refractivity contribution in [2.75, 3.05) is 5.73 Å². The van der Waals surface area contributed by atoms with Crippen molar-refractivity contribution in [3.05, 3.63) is 52.6 Å². The van der Waals surface area contributed by atoms with Crippen LogP contribution in [0.25, 0.3) is 6.08 Å². The monoisotopic (exact) mass is 276 g/mol. The second-order valence-electron chi connectivity index (χ2n) is 3.95. The molecular formula is C16H24N2S. The molecule has 2 N–H and O–H groups in total. The number of allylic oxidation sites excluding steroid dienone is 4. The number of hydrogen-bond acceptors (Lipinski definition) is 3. The summed E-state index contributed by atoms with van der Waals surface area (Å²) in [6.07, 6.45) is 11.1. The quantitative estimate of drug-likeness (QED) is 0.615. The average molecular weight is 276 g/mol. The van der Waals surface area contributed by atoms with Crippen LogP contribution in [0.1, 0.15) is 38.4 Å². The lowest BCUT2D eigenvalue weighted by Crippen LogP contribution is -1.93. The van der Waals surface area contributed by atoms with Gasteiger partial charge in [0.25, 0.3) is 0 Å². The zero-order valence-corrected chi connectivity index (χ0v) is 13.1. The van der Waals surface area contributed by atoms with Gasteiger partial charge in [-0.1, -0.05) is 37.3 Å². The Bertz CT molecular complexity index is 460. The van der Waals surface area contributed by atoms with Gasteiger partial charge < -0.3 is 5.73 Å². The molecule has 0 atom stereocenters. The van der Waals surface area contributed by atoms with E-state index in [1.54, 1.807) is 0 Å². The maximum atomic E-state index is 5.49. The van der Waals surface area contributed by atoms with Crippen LogP contribution in [0.15, 0.2) is 41.3 Å². The van der Waals surface area contributed by atoms with Gasteiger partial charge in [-0.25, -0.2) is 4.98 Å². The third-order valence-corrected chi connectivity index (χ3v) is 2.58. The van der Waals surface area contributed by atoms with Gasteiger partial charge in [-0.15, -0.1) is 12.6 Å².